The molecule has 6 nitrogen and oxygen atoms in total. The van der Waals surface area contributed by atoms with Crippen molar-refractivity contribution in [2.75, 3.05) is 14.2 Å². The van der Waals surface area contributed by atoms with Gasteiger partial charge in [0.15, 0.2) is 5.75 Å². The summed E-state index contributed by atoms with van der Waals surface area (Å²) in [5, 5.41) is 2.81. The molecule has 21 heavy (non-hydrogen) atoms. The highest BCUT2D eigenvalue weighted by Gasteiger charge is 2.36. The fraction of sp³-hybridized carbons (Fsp3) is 0.462. The van der Waals surface area contributed by atoms with Crippen LogP contribution in [0.4, 0.5) is 0 Å². The summed E-state index contributed by atoms with van der Waals surface area (Å²) in [5.74, 6) is 0.0722. The van der Waals surface area contributed by atoms with Crippen LogP contribution in [0.15, 0.2) is 17.0 Å². The van der Waals surface area contributed by atoms with Crippen molar-refractivity contribution in [2.24, 2.45) is 5.92 Å². The van der Waals surface area contributed by atoms with Crippen LogP contribution in [0.1, 0.15) is 23.7 Å². The highest BCUT2D eigenvalue weighted by atomic mass is 35.7. The summed E-state index contributed by atoms with van der Waals surface area (Å²) in [6, 6.07) is 2.71. The molecular formula is C13H16ClNO5S. The van der Waals surface area contributed by atoms with Crippen LogP contribution in [-0.4, -0.2) is 34.6 Å². The molecule has 1 aromatic carbocycles. The van der Waals surface area contributed by atoms with E-state index in [1.54, 1.807) is 0 Å². The number of benzene rings is 1. The summed E-state index contributed by atoms with van der Waals surface area (Å²) in [6.45, 7) is 2.01. The van der Waals surface area contributed by atoms with Gasteiger partial charge in [0, 0.05) is 16.7 Å². The van der Waals surface area contributed by atoms with Crippen LogP contribution in [0.5, 0.6) is 11.5 Å². The van der Waals surface area contributed by atoms with E-state index in [4.69, 9.17) is 20.2 Å². The van der Waals surface area contributed by atoms with E-state index in [1.165, 1.54) is 26.4 Å². The van der Waals surface area contributed by atoms with Gasteiger partial charge in [-0.1, -0.05) is 6.92 Å². The molecule has 8 heteroatoms. The average molecular weight is 334 g/mol. The van der Waals surface area contributed by atoms with Gasteiger partial charge in [-0.25, -0.2) is 8.42 Å². The van der Waals surface area contributed by atoms with Gasteiger partial charge in [0.1, 0.15) is 16.2 Å². The van der Waals surface area contributed by atoms with Gasteiger partial charge in [0.2, 0.25) is 0 Å². The number of methoxy groups -OCH3 is 2. The van der Waals surface area contributed by atoms with E-state index in [2.05, 4.69) is 5.32 Å². The van der Waals surface area contributed by atoms with Crippen LogP contribution >= 0.6 is 10.7 Å². The zero-order chi connectivity index (χ0) is 15.8. The summed E-state index contributed by atoms with van der Waals surface area (Å²) < 4.78 is 33.4. The summed E-state index contributed by atoms with van der Waals surface area (Å²) in [4.78, 5) is 12.1. The number of nitrogens with one attached hydrogen (secondary N) is 1. The number of amides is 1. The molecule has 0 bridgehead atoms. The number of halogens is 1. The first kappa shape index (κ1) is 15.9. The van der Waals surface area contributed by atoms with Crippen LogP contribution in [0, 0.1) is 5.92 Å². The van der Waals surface area contributed by atoms with Gasteiger partial charge in [-0.2, -0.15) is 0 Å². The monoisotopic (exact) mass is 333 g/mol. The van der Waals surface area contributed by atoms with Crippen molar-refractivity contribution >= 4 is 25.6 Å². The molecule has 1 aliphatic carbocycles. The maximum absolute atomic E-state index is 12.4. The number of hydrogen-bond acceptors (Lipinski definition) is 5. The maximum Gasteiger partial charge on any atom is 0.265 e. The molecule has 1 amide bonds. The summed E-state index contributed by atoms with van der Waals surface area (Å²) in [5.41, 5.74) is 0.0285. The Morgan fingerprint density at radius 2 is 1.95 bits per heavy atom. The molecule has 0 aliphatic heterocycles. The minimum Gasteiger partial charge on any atom is -0.496 e. The number of rotatable bonds is 5. The van der Waals surface area contributed by atoms with Gasteiger partial charge < -0.3 is 14.8 Å². The summed E-state index contributed by atoms with van der Waals surface area (Å²) in [7, 11) is 4.00. The third-order valence-corrected chi connectivity index (χ3v) is 4.77. The van der Waals surface area contributed by atoms with Gasteiger partial charge in [0.25, 0.3) is 15.0 Å². The molecular weight excluding hydrogens is 318 g/mol. The predicted octanol–water partition coefficient (Wildman–Crippen LogP) is 1.77. The molecule has 1 fully saturated rings. The SMILES string of the molecule is COc1ccc(S(=O)(=O)Cl)c(OC)c1C(=O)NC1CC1C. The van der Waals surface area contributed by atoms with Gasteiger partial charge in [-0.05, 0) is 24.5 Å². The fourth-order valence-electron chi connectivity index (χ4n) is 2.09. The molecule has 1 saturated carbocycles. The first-order valence-electron chi connectivity index (χ1n) is 6.30. The Bertz CT molecular complexity index is 673. The summed E-state index contributed by atoms with van der Waals surface area (Å²) in [6.07, 6.45) is 0.893. The largest absolute Gasteiger partial charge is 0.496 e. The number of ether oxygens (including phenoxy) is 2. The maximum atomic E-state index is 12.4. The Kier molecular flexibility index (Phi) is 4.34. The van der Waals surface area contributed by atoms with Crippen molar-refractivity contribution in [3.05, 3.63) is 17.7 Å². The highest BCUT2D eigenvalue weighted by molar-refractivity contribution is 8.13. The molecule has 116 valence electrons. The average Bonchev–Trinajstić information content (AvgIpc) is 3.10. The van der Waals surface area contributed by atoms with E-state index in [0.29, 0.717) is 5.92 Å². The van der Waals surface area contributed by atoms with Crippen LogP contribution in [-0.2, 0) is 9.05 Å². The second-order valence-electron chi connectivity index (χ2n) is 4.90. The first-order valence-corrected chi connectivity index (χ1v) is 8.61. The Hall–Kier alpha value is -1.47. The molecule has 1 aliphatic rings. The lowest BCUT2D eigenvalue weighted by Gasteiger charge is -2.15. The van der Waals surface area contributed by atoms with Crippen molar-refractivity contribution in [3.8, 4) is 11.5 Å². The Morgan fingerprint density at radius 3 is 2.38 bits per heavy atom. The van der Waals surface area contributed by atoms with Crippen LogP contribution in [0.25, 0.3) is 0 Å². The third-order valence-electron chi connectivity index (χ3n) is 3.42. The minimum absolute atomic E-state index is 0.0285. The molecule has 1 aromatic rings. The van der Waals surface area contributed by atoms with Crippen LogP contribution in [0.3, 0.4) is 0 Å². The lowest BCUT2D eigenvalue weighted by Crippen LogP contribution is -2.27. The lowest BCUT2D eigenvalue weighted by atomic mass is 10.1. The van der Waals surface area contributed by atoms with Crippen molar-refractivity contribution in [1.82, 2.24) is 5.32 Å². The van der Waals surface area contributed by atoms with Crippen molar-refractivity contribution in [1.29, 1.82) is 0 Å². The Morgan fingerprint density at radius 1 is 1.33 bits per heavy atom. The molecule has 2 rings (SSSR count). The number of carbonyl (C=O) groups excluding carboxylic acids is 1. The van der Waals surface area contributed by atoms with E-state index in [-0.39, 0.29) is 28.0 Å². The fourth-order valence-corrected chi connectivity index (χ4v) is 3.09. The zero-order valence-electron chi connectivity index (χ0n) is 11.8. The molecule has 1 N–H and O–H groups in total. The van der Waals surface area contributed by atoms with Gasteiger partial charge in [-0.15, -0.1) is 0 Å². The van der Waals surface area contributed by atoms with Crippen molar-refractivity contribution in [2.45, 2.75) is 24.3 Å². The second-order valence-corrected chi connectivity index (χ2v) is 7.44. The second kappa shape index (κ2) is 5.73. The van der Waals surface area contributed by atoms with E-state index >= 15 is 0 Å². The van der Waals surface area contributed by atoms with E-state index in [1.807, 2.05) is 6.92 Å². The van der Waals surface area contributed by atoms with Crippen molar-refractivity contribution < 1.29 is 22.7 Å². The van der Waals surface area contributed by atoms with E-state index in [9.17, 15) is 13.2 Å². The third kappa shape index (κ3) is 3.24. The molecule has 0 aromatic heterocycles. The molecule has 0 saturated heterocycles. The minimum atomic E-state index is -4.04. The predicted molar refractivity (Wildman–Crippen MR) is 77.6 cm³/mol. The standard InChI is InChI=1S/C13H16ClNO5S/c1-7-6-8(7)15-13(16)11-9(19-2)4-5-10(12(11)20-3)21(14,17)18/h4-5,7-8H,6H2,1-3H3,(H,15,16). The molecule has 0 heterocycles. The Balaban J connectivity index is 2.52. The number of hydrogen-bond donors (Lipinski definition) is 1. The lowest BCUT2D eigenvalue weighted by molar-refractivity contribution is 0.0942. The highest BCUT2D eigenvalue weighted by Crippen LogP contribution is 2.37. The molecule has 0 radical (unpaired) electrons. The smallest absolute Gasteiger partial charge is 0.265 e. The van der Waals surface area contributed by atoms with Gasteiger partial charge in [0.05, 0.1) is 14.2 Å². The van der Waals surface area contributed by atoms with E-state index < -0.39 is 15.0 Å². The normalized spacial score (nSPS) is 20.8. The summed E-state index contributed by atoms with van der Waals surface area (Å²) >= 11 is 0. The van der Waals surface area contributed by atoms with Crippen LogP contribution in [0.2, 0.25) is 0 Å². The molecule has 2 unspecified atom stereocenters. The van der Waals surface area contributed by atoms with E-state index in [0.717, 1.165) is 6.42 Å². The molecule has 2 atom stereocenters. The quantitative estimate of drug-likeness (QED) is 0.830. The zero-order valence-corrected chi connectivity index (χ0v) is 13.4. The topological polar surface area (TPSA) is 81.7 Å². The van der Waals surface area contributed by atoms with Gasteiger partial charge >= 0.3 is 0 Å². The van der Waals surface area contributed by atoms with Crippen LogP contribution < -0.4 is 14.8 Å². The first-order chi connectivity index (χ1) is 9.79. The molecule has 0 spiro atoms. The van der Waals surface area contributed by atoms with Crippen molar-refractivity contribution in [3.63, 3.8) is 0 Å². The Labute approximate surface area is 127 Å². The van der Waals surface area contributed by atoms with Gasteiger partial charge in [-0.3, -0.25) is 4.79 Å². The number of carbonyl (C=O) groups is 1.